The number of aliphatic hydroxyl groups is 1. The zero-order valence-electron chi connectivity index (χ0n) is 11.4. The molecule has 1 amide bonds. The van der Waals surface area contributed by atoms with Gasteiger partial charge >= 0.3 is 0 Å². The van der Waals surface area contributed by atoms with Crippen molar-refractivity contribution >= 4 is 11.6 Å². The van der Waals surface area contributed by atoms with Crippen LogP contribution in [0.1, 0.15) is 30.9 Å². The van der Waals surface area contributed by atoms with Gasteiger partial charge in [0.2, 0.25) is 5.91 Å². The van der Waals surface area contributed by atoms with Crippen LogP contribution in [-0.4, -0.2) is 17.6 Å². The maximum atomic E-state index is 12.0. The van der Waals surface area contributed by atoms with E-state index in [0.717, 1.165) is 16.8 Å². The molecule has 1 aromatic carbocycles. The maximum absolute atomic E-state index is 12.0. The van der Waals surface area contributed by atoms with E-state index in [-0.39, 0.29) is 18.4 Å². The average Bonchev–Trinajstić information content (AvgIpc) is 3.22. The van der Waals surface area contributed by atoms with Crippen LogP contribution in [0.4, 0.5) is 5.69 Å². The second-order valence-corrected chi connectivity index (χ2v) is 5.10. The Hall–Kier alpha value is -1.79. The standard InChI is InChI=1S/C16H19NO2/c1-11-10-13(4-3-9-18)5-8-15(11)17-16(19)12(2)14-6-7-14/h5,8,10,12,14,18H,6-7,9H2,1-2H3,(H,17,19). The Morgan fingerprint density at radius 3 is 2.84 bits per heavy atom. The molecule has 1 aliphatic rings. The summed E-state index contributed by atoms with van der Waals surface area (Å²) in [5.41, 5.74) is 2.67. The van der Waals surface area contributed by atoms with Crippen molar-refractivity contribution in [1.82, 2.24) is 0 Å². The summed E-state index contributed by atoms with van der Waals surface area (Å²) in [7, 11) is 0. The molecule has 0 aromatic heterocycles. The quantitative estimate of drug-likeness (QED) is 0.816. The number of anilines is 1. The molecule has 0 bridgehead atoms. The Bertz CT molecular complexity index is 535. The van der Waals surface area contributed by atoms with Crippen molar-refractivity contribution in [3.63, 3.8) is 0 Å². The lowest BCUT2D eigenvalue weighted by molar-refractivity contribution is -0.119. The first kappa shape index (κ1) is 13.6. The number of carbonyl (C=O) groups excluding carboxylic acids is 1. The van der Waals surface area contributed by atoms with E-state index in [2.05, 4.69) is 17.2 Å². The number of hydrogen-bond donors (Lipinski definition) is 2. The highest BCUT2D eigenvalue weighted by Gasteiger charge is 2.32. The Labute approximate surface area is 114 Å². The molecule has 0 spiro atoms. The van der Waals surface area contributed by atoms with E-state index in [1.54, 1.807) is 0 Å². The fraction of sp³-hybridized carbons (Fsp3) is 0.438. The maximum Gasteiger partial charge on any atom is 0.227 e. The van der Waals surface area contributed by atoms with E-state index in [1.165, 1.54) is 12.8 Å². The van der Waals surface area contributed by atoms with Crippen molar-refractivity contribution in [1.29, 1.82) is 0 Å². The lowest BCUT2D eigenvalue weighted by atomic mass is 10.0. The van der Waals surface area contributed by atoms with E-state index in [0.29, 0.717) is 5.92 Å². The third-order valence-electron chi connectivity index (χ3n) is 3.54. The minimum atomic E-state index is -0.142. The second-order valence-electron chi connectivity index (χ2n) is 5.10. The summed E-state index contributed by atoms with van der Waals surface area (Å²) in [5.74, 6) is 6.22. The van der Waals surface area contributed by atoms with Gasteiger partial charge in [0.15, 0.2) is 0 Å². The highest BCUT2D eigenvalue weighted by Crippen LogP contribution is 2.37. The van der Waals surface area contributed by atoms with Gasteiger partial charge in [-0.25, -0.2) is 0 Å². The largest absolute Gasteiger partial charge is 0.384 e. The molecule has 1 unspecified atom stereocenters. The molecule has 19 heavy (non-hydrogen) atoms. The molecule has 3 heteroatoms. The van der Waals surface area contributed by atoms with Crippen molar-refractivity contribution < 1.29 is 9.90 Å². The molecule has 0 heterocycles. The first-order valence-corrected chi connectivity index (χ1v) is 6.63. The van der Waals surface area contributed by atoms with Gasteiger partial charge in [0.05, 0.1) is 0 Å². The van der Waals surface area contributed by atoms with Crippen molar-refractivity contribution in [2.24, 2.45) is 11.8 Å². The number of aliphatic hydroxyl groups excluding tert-OH is 1. The third-order valence-corrected chi connectivity index (χ3v) is 3.54. The molecule has 100 valence electrons. The number of rotatable bonds is 3. The summed E-state index contributed by atoms with van der Waals surface area (Å²) in [4.78, 5) is 12.0. The van der Waals surface area contributed by atoms with Crippen LogP contribution in [0.2, 0.25) is 0 Å². The van der Waals surface area contributed by atoms with Crippen molar-refractivity contribution in [2.75, 3.05) is 11.9 Å². The molecule has 0 radical (unpaired) electrons. The number of nitrogens with one attached hydrogen (secondary N) is 1. The summed E-state index contributed by atoms with van der Waals surface area (Å²) in [6.45, 7) is 3.79. The fourth-order valence-electron chi connectivity index (χ4n) is 2.08. The molecule has 1 aromatic rings. The smallest absolute Gasteiger partial charge is 0.227 e. The van der Waals surface area contributed by atoms with Gasteiger partial charge in [-0.05, 0) is 49.4 Å². The number of carbonyl (C=O) groups is 1. The summed E-state index contributed by atoms with van der Waals surface area (Å²) in [6.07, 6.45) is 2.34. The highest BCUT2D eigenvalue weighted by atomic mass is 16.2. The zero-order chi connectivity index (χ0) is 13.8. The topological polar surface area (TPSA) is 49.3 Å². The van der Waals surface area contributed by atoms with Crippen LogP contribution in [0.5, 0.6) is 0 Å². The predicted octanol–water partition coefficient (Wildman–Crippen LogP) is 2.32. The number of hydrogen-bond acceptors (Lipinski definition) is 2. The molecule has 2 N–H and O–H groups in total. The van der Waals surface area contributed by atoms with Crippen LogP contribution >= 0.6 is 0 Å². The van der Waals surface area contributed by atoms with E-state index in [4.69, 9.17) is 5.11 Å². The minimum Gasteiger partial charge on any atom is -0.384 e. The van der Waals surface area contributed by atoms with Gasteiger partial charge in [0.1, 0.15) is 6.61 Å². The summed E-state index contributed by atoms with van der Waals surface area (Å²) in [5, 5.41) is 11.6. The lowest BCUT2D eigenvalue weighted by Crippen LogP contribution is -2.22. The fourth-order valence-corrected chi connectivity index (χ4v) is 2.08. The second kappa shape index (κ2) is 5.90. The van der Waals surface area contributed by atoms with Crippen LogP contribution < -0.4 is 5.32 Å². The molecule has 0 aliphatic heterocycles. The average molecular weight is 257 g/mol. The van der Waals surface area contributed by atoms with Crippen molar-refractivity contribution in [3.8, 4) is 11.8 Å². The Kier molecular flexibility index (Phi) is 4.24. The first-order valence-electron chi connectivity index (χ1n) is 6.63. The molecule has 1 atom stereocenters. The Morgan fingerprint density at radius 1 is 1.53 bits per heavy atom. The van der Waals surface area contributed by atoms with Crippen LogP contribution in [0.3, 0.4) is 0 Å². The van der Waals surface area contributed by atoms with Crippen LogP contribution in [-0.2, 0) is 4.79 Å². The molecule has 2 rings (SSSR count). The minimum absolute atomic E-state index is 0.0910. The Balaban J connectivity index is 2.06. The van der Waals surface area contributed by atoms with Crippen LogP contribution in [0, 0.1) is 30.6 Å². The van der Waals surface area contributed by atoms with Gasteiger partial charge in [-0.2, -0.15) is 0 Å². The summed E-state index contributed by atoms with van der Waals surface area (Å²) >= 11 is 0. The van der Waals surface area contributed by atoms with E-state index in [9.17, 15) is 4.79 Å². The summed E-state index contributed by atoms with van der Waals surface area (Å²) in [6, 6.07) is 5.64. The van der Waals surface area contributed by atoms with Gasteiger partial charge in [0.25, 0.3) is 0 Å². The molecule has 1 saturated carbocycles. The van der Waals surface area contributed by atoms with Crippen LogP contribution in [0.25, 0.3) is 0 Å². The number of aryl methyl sites for hydroxylation is 1. The first-order chi connectivity index (χ1) is 9.11. The van der Waals surface area contributed by atoms with Crippen molar-refractivity contribution in [3.05, 3.63) is 29.3 Å². The van der Waals surface area contributed by atoms with E-state index in [1.807, 2.05) is 32.0 Å². The molecule has 1 aliphatic carbocycles. The van der Waals surface area contributed by atoms with Crippen molar-refractivity contribution in [2.45, 2.75) is 26.7 Å². The van der Waals surface area contributed by atoms with Crippen LogP contribution in [0.15, 0.2) is 18.2 Å². The zero-order valence-corrected chi connectivity index (χ0v) is 11.4. The molecule has 0 saturated heterocycles. The number of benzene rings is 1. The van der Waals surface area contributed by atoms with Gasteiger partial charge in [-0.1, -0.05) is 18.8 Å². The van der Waals surface area contributed by atoms with E-state index < -0.39 is 0 Å². The molecular weight excluding hydrogens is 238 g/mol. The third kappa shape index (κ3) is 3.59. The molecule has 1 fully saturated rings. The summed E-state index contributed by atoms with van der Waals surface area (Å²) < 4.78 is 0. The van der Waals surface area contributed by atoms with E-state index >= 15 is 0 Å². The van der Waals surface area contributed by atoms with Gasteiger partial charge < -0.3 is 10.4 Å². The normalized spacial score (nSPS) is 15.3. The molecule has 3 nitrogen and oxygen atoms in total. The molecular formula is C16H19NO2. The monoisotopic (exact) mass is 257 g/mol. The number of amides is 1. The highest BCUT2D eigenvalue weighted by molar-refractivity contribution is 5.93. The van der Waals surface area contributed by atoms with Gasteiger partial charge in [0, 0.05) is 17.2 Å². The Morgan fingerprint density at radius 2 is 2.26 bits per heavy atom. The predicted molar refractivity (Wildman–Crippen MR) is 75.7 cm³/mol. The van der Waals surface area contributed by atoms with Gasteiger partial charge in [-0.15, -0.1) is 0 Å². The SMILES string of the molecule is Cc1cc(C#CCO)ccc1NC(=O)C(C)C1CC1. The lowest BCUT2D eigenvalue weighted by Gasteiger charge is -2.13. The van der Waals surface area contributed by atoms with Gasteiger partial charge in [-0.3, -0.25) is 4.79 Å².